The van der Waals surface area contributed by atoms with Gasteiger partial charge in [-0.1, -0.05) is 35.6 Å². The Bertz CT molecular complexity index is 920. The fraction of sp³-hybridized carbons (Fsp3) is 0.211. The molecule has 134 valence electrons. The van der Waals surface area contributed by atoms with Crippen LogP contribution in [-0.2, 0) is 11.3 Å². The largest absolute Gasteiger partial charge is 0.368 e. The number of carbonyl (C=O) groups excluding carboxylic acids is 2. The first kappa shape index (κ1) is 18.0. The molecule has 7 heteroatoms. The van der Waals surface area contributed by atoms with E-state index in [-0.39, 0.29) is 17.9 Å². The summed E-state index contributed by atoms with van der Waals surface area (Å²) in [6, 6.07) is 14.7. The number of anilines is 1. The second-order valence-corrected chi connectivity index (χ2v) is 7.17. The van der Waals surface area contributed by atoms with Gasteiger partial charge in [0.05, 0.1) is 16.3 Å². The van der Waals surface area contributed by atoms with Gasteiger partial charge in [0, 0.05) is 12.1 Å². The summed E-state index contributed by atoms with van der Waals surface area (Å²) >= 11 is 1.44. The highest BCUT2D eigenvalue weighted by Crippen LogP contribution is 2.25. The van der Waals surface area contributed by atoms with Gasteiger partial charge in [-0.15, -0.1) is 0 Å². The Morgan fingerprint density at radius 2 is 2.00 bits per heavy atom. The van der Waals surface area contributed by atoms with E-state index < -0.39 is 0 Å². The van der Waals surface area contributed by atoms with Crippen molar-refractivity contribution in [2.24, 2.45) is 5.73 Å². The van der Waals surface area contributed by atoms with E-state index in [0.717, 1.165) is 15.8 Å². The number of para-hydroxylation sites is 1. The topological polar surface area (TPSA) is 88.3 Å². The van der Waals surface area contributed by atoms with E-state index in [1.54, 1.807) is 13.0 Å². The SMILES string of the molecule is C[C@H](C(N)=O)N(C)Cc1cccc(C(=O)Nc2nc3ccccc3s2)c1. The molecule has 2 amide bonds. The number of carbonyl (C=O) groups is 2. The summed E-state index contributed by atoms with van der Waals surface area (Å²) in [5.74, 6) is -0.589. The Hall–Kier alpha value is -2.77. The minimum absolute atomic E-state index is 0.212. The van der Waals surface area contributed by atoms with Crippen LogP contribution in [-0.4, -0.2) is 34.8 Å². The molecule has 6 nitrogen and oxygen atoms in total. The first-order valence-electron chi connectivity index (χ1n) is 8.19. The predicted octanol–water partition coefficient (Wildman–Crippen LogP) is 2.85. The first-order chi connectivity index (χ1) is 12.4. The van der Waals surface area contributed by atoms with Crippen molar-refractivity contribution in [3.05, 3.63) is 59.7 Å². The summed E-state index contributed by atoms with van der Waals surface area (Å²) in [6.45, 7) is 2.28. The summed E-state index contributed by atoms with van der Waals surface area (Å²) in [6.07, 6.45) is 0. The second-order valence-electron chi connectivity index (χ2n) is 6.13. The molecule has 0 bridgehead atoms. The molecule has 0 aliphatic rings. The fourth-order valence-corrected chi connectivity index (χ4v) is 3.41. The van der Waals surface area contributed by atoms with Crippen molar-refractivity contribution in [2.45, 2.75) is 19.5 Å². The lowest BCUT2D eigenvalue weighted by Gasteiger charge is -2.22. The molecule has 0 saturated heterocycles. The summed E-state index contributed by atoms with van der Waals surface area (Å²) in [4.78, 5) is 30.1. The Morgan fingerprint density at radius 3 is 2.73 bits per heavy atom. The molecule has 2 aromatic carbocycles. The molecule has 0 fully saturated rings. The molecule has 3 rings (SSSR count). The number of amides is 2. The summed E-state index contributed by atoms with van der Waals surface area (Å²) in [7, 11) is 1.82. The Balaban J connectivity index is 1.72. The third-order valence-electron chi connectivity index (χ3n) is 4.21. The van der Waals surface area contributed by atoms with E-state index in [1.807, 2.05) is 54.4 Å². The molecular weight excluding hydrogens is 348 g/mol. The minimum atomic E-state index is -0.379. The van der Waals surface area contributed by atoms with Crippen LogP contribution in [0.2, 0.25) is 0 Å². The van der Waals surface area contributed by atoms with Crippen LogP contribution in [0.25, 0.3) is 10.2 Å². The van der Waals surface area contributed by atoms with Crippen LogP contribution >= 0.6 is 11.3 Å². The number of hydrogen-bond acceptors (Lipinski definition) is 5. The molecule has 26 heavy (non-hydrogen) atoms. The number of likely N-dealkylation sites (N-methyl/N-ethyl adjacent to an activating group) is 1. The van der Waals surface area contributed by atoms with Gasteiger partial charge in [0.15, 0.2) is 5.13 Å². The number of nitrogens with two attached hydrogens (primary N) is 1. The van der Waals surface area contributed by atoms with Crippen molar-refractivity contribution in [3.63, 3.8) is 0 Å². The number of nitrogens with zero attached hydrogens (tertiary/aromatic N) is 2. The van der Waals surface area contributed by atoms with Gasteiger partial charge in [-0.2, -0.15) is 0 Å². The normalized spacial score (nSPS) is 12.3. The van der Waals surface area contributed by atoms with Crippen LogP contribution in [0.1, 0.15) is 22.8 Å². The van der Waals surface area contributed by atoms with E-state index >= 15 is 0 Å². The molecule has 0 spiro atoms. The van der Waals surface area contributed by atoms with E-state index in [0.29, 0.717) is 17.2 Å². The lowest BCUT2D eigenvalue weighted by Crippen LogP contribution is -2.39. The van der Waals surface area contributed by atoms with E-state index in [1.165, 1.54) is 11.3 Å². The maximum absolute atomic E-state index is 12.5. The van der Waals surface area contributed by atoms with Crippen molar-refractivity contribution in [2.75, 3.05) is 12.4 Å². The Labute approximate surface area is 155 Å². The molecule has 3 aromatic rings. The smallest absolute Gasteiger partial charge is 0.257 e. The van der Waals surface area contributed by atoms with Crippen LogP contribution in [0, 0.1) is 0 Å². The van der Waals surface area contributed by atoms with Gasteiger partial charge in [0.2, 0.25) is 5.91 Å². The van der Waals surface area contributed by atoms with Crippen molar-refractivity contribution in [1.29, 1.82) is 0 Å². The highest BCUT2D eigenvalue weighted by atomic mass is 32.1. The van der Waals surface area contributed by atoms with Gasteiger partial charge in [-0.25, -0.2) is 4.98 Å². The number of primary amides is 1. The van der Waals surface area contributed by atoms with Gasteiger partial charge in [0.25, 0.3) is 5.91 Å². The molecule has 1 aromatic heterocycles. The number of fused-ring (bicyclic) bond motifs is 1. The van der Waals surface area contributed by atoms with Gasteiger partial charge in [-0.3, -0.25) is 19.8 Å². The minimum Gasteiger partial charge on any atom is -0.368 e. The van der Waals surface area contributed by atoms with Crippen molar-refractivity contribution in [1.82, 2.24) is 9.88 Å². The van der Waals surface area contributed by atoms with Gasteiger partial charge >= 0.3 is 0 Å². The van der Waals surface area contributed by atoms with Crippen molar-refractivity contribution < 1.29 is 9.59 Å². The lowest BCUT2D eigenvalue weighted by atomic mass is 10.1. The van der Waals surface area contributed by atoms with Crippen molar-refractivity contribution >= 4 is 38.5 Å². The van der Waals surface area contributed by atoms with E-state index in [2.05, 4.69) is 10.3 Å². The molecule has 0 aliphatic carbocycles. The van der Waals surface area contributed by atoms with Crippen LogP contribution < -0.4 is 11.1 Å². The zero-order valence-electron chi connectivity index (χ0n) is 14.6. The Kier molecular flexibility index (Phi) is 5.29. The van der Waals surface area contributed by atoms with Crippen LogP contribution in [0.3, 0.4) is 0 Å². The molecule has 1 atom stereocenters. The average Bonchev–Trinajstić information content (AvgIpc) is 3.03. The number of benzene rings is 2. The predicted molar refractivity (Wildman–Crippen MR) is 104 cm³/mol. The number of nitrogens with one attached hydrogen (secondary N) is 1. The van der Waals surface area contributed by atoms with Gasteiger partial charge in [-0.05, 0) is 43.8 Å². The highest BCUT2D eigenvalue weighted by Gasteiger charge is 2.16. The lowest BCUT2D eigenvalue weighted by molar-refractivity contribution is -0.122. The van der Waals surface area contributed by atoms with Crippen LogP contribution in [0.4, 0.5) is 5.13 Å². The first-order valence-corrected chi connectivity index (χ1v) is 9.01. The second kappa shape index (κ2) is 7.63. The third kappa shape index (κ3) is 4.07. The third-order valence-corrected chi connectivity index (χ3v) is 5.16. The molecule has 3 N–H and O–H groups in total. The van der Waals surface area contributed by atoms with Gasteiger partial charge < -0.3 is 5.73 Å². The van der Waals surface area contributed by atoms with Crippen molar-refractivity contribution in [3.8, 4) is 0 Å². The fourth-order valence-electron chi connectivity index (χ4n) is 2.55. The Morgan fingerprint density at radius 1 is 1.23 bits per heavy atom. The molecule has 0 aliphatic heterocycles. The van der Waals surface area contributed by atoms with E-state index in [4.69, 9.17) is 5.73 Å². The number of rotatable bonds is 6. The number of thiazole rings is 1. The molecule has 0 radical (unpaired) electrons. The zero-order valence-corrected chi connectivity index (χ0v) is 15.4. The van der Waals surface area contributed by atoms with E-state index in [9.17, 15) is 9.59 Å². The molecule has 0 saturated carbocycles. The average molecular weight is 368 g/mol. The number of aromatic nitrogens is 1. The molecular formula is C19H20N4O2S. The number of hydrogen-bond donors (Lipinski definition) is 2. The zero-order chi connectivity index (χ0) is 18.7. The standard InChI is InChI=1S/C19H20N4O2S/c1-12(17(20)24)23(2)11-13-6-5-7-14(10-13)18(25)22-19-21-15-8-3-4-9-16(15)26-19/h3-10,12H,11H2,1-2H3,(H2,20,24)(H,21,22,25)/t12-/m1/s1. The highest BCUT2D eigenvalue weighted by molar-refractivity contribution is 7.22. The summed E-state index contributed by atoms with van der Waals surface area (Å²) in [5, 5.41) is 3.42. The monoisotopic (exact) mass is 368 g/mol. The maximum Gasteiger partial charge on any atom is 0.257 e. The van der Waals surface area contributed by atoms with Crippen LogP contribution in [0.15, 0.2) is 48.5 Å². The van der Waals surface area contributed by atoms with Gasteiger partial charge in [0.1, 0.15) is 0 Å². The molecule has 1 heterocycles. The summed E-state index contributed by atoms with van der Waals surface area (Å²) < 4.78 is 1.03. The quantitative estimate of drug-likeness (QED) is 0.700. The summed E-state index contributed by atoms with van der Waals surface area (Å²) in [5.41, 5.74) is 7.67. The maximum atomic E-state index is 12.5. The van der Waals surface area contributed by atoms with Crippen LogP contribution in [0.5, 0.6) is 0 Å². The molecule has 0 unspecified atom stereocenters.